The molecule has 0 aliphatic heterocycles. The average Bonchev–Trinajstić information content (AvgIpc) is 3.13. The van der Waals surface area contributed by atoms with Crippen LogP contribution in [0, 0.1) is 0 Å². The Labute approximate surface area is 151 Å². The van der Waals surface area contributed by atoms with Crippen LogP contribution in [0.5, 0.6) is 0 Å². The number of carbonyl (C=O) groups is 1. The second-order valence-electron chi connectivity index (χ2n) is 5.97. The van der Waals surface area contributed by atoms with Gasteiger partial charge in [-0.15, -0.1) is 5.10 Å². The van der Waals surface area contributed by atoms with E-state index in [2.05, 4.69) is 15.6 Å². The fourth-order valence-electron chi connectivity index (χ4n) is 3.09. The molecule has 4 aromatic rings. The Bertz CT molecular complexity index is 1060. The van der Waals surface area contributed by atoms with Crippen LogP contribution < -0.4 is 5.32 Å². The molecule has 0 saturated carbocycles. The summed E-state index contributed by atoms with van der Waals surface area (Å²) in [4.78, 5) is 12.9. The molecule has 26 heavy (non-hydrogen) atoms. The van der Waals surface area contributed by atoms with Gasteiger partial charge in [0.2, 0.25) is 0 Å². The van der Waals surface area contributed by atoms with Crippen molar-refractivity contribution in [3.05, 3.63) is 84.2 Å². The lowest BCUT2D eigenvalue weighted by atomic mass is 10.1. The van der Waals surface area contributed by atoms with Gasteiger partial charge in [0.1, 0.15) is 0 Å². The number of anilines is 1. The normalized spacial score (nSPS) is 10.8. The number of hydrogen-bond acceptors (Lipinski definition) is 3. The first-order valence-electron chi connectivity index (χ1n) is 8.57. The van der Waals surface area contributed by atoms with Crippen molar-refractivity contribution in [3.8, 4) is 5.69 Å². The van der Waals surface area contributed by atoms with E-state index in [9.17, 15) is 4.79 Å². The molecule has 5 heteroatoms. The molecule has 1 N–H and O–H groups in total. The summed E-state index contributed by atoms with van der Waals surface area (Å²) in [5, 5.41) is 13.4. The summed E-state index contributed by atoms with van der Waals surface area (Å²) in [6.45, 7) is 1.99. The Morgan fingerprint density at radius 1 is 0.962 bits per heavy atom. The maximum atomic E-state index is 12.9. The van der Waals surface area contributed by atoms with E-state index in [1.165, 1.54) is 0 Å². The molecule has 0 fully saturated rings. The zero-order valence-electron chi connectivity index (χ0n) is 14.4. The van der Waals surface area contributed by atoms with Gasteiger partial charge >= 0.3 is 0 Å². The molecule has 0 atom stereocenters. The number of nitrogens with one attached hydrogen (secondary N) is 1. The van der Waals surface area contributed by atoms with Crippen LogP contribution in [0.25, 0.3) is 16.5 Å². The van der Waals surface area contributed by atoms with Gasteiger partial charge in [0.25, 0.3) is 5.91 Å². The van der Waals surface area contributed by atoms with E-state index in [0.717, 1.165) is 27.8 Å². The zero-order valence-corrected chi connectivity index (χ0v) is 14.4. The van der Waals surface area contributed by atoms with Crippen LogP contribution in [0.3, 0.4) is 0 Å². The van der Waals surface area contributed by atoms with Crippen molar-refractivity contribution in [2.45, 2.75) is 13.3 Å². The van der Waals surface area contributed by atoms with Crippen LogP contribution in [0.15, 0.2) is 72.8 Å². The molecule has 4 rings (SSSR count). The summed E-state index contributed by atoms with van der Waals surface area (Å²) < 4.78 is 1.72. The van der Waals surface area contributed by atoms with Gasteiger partial charge in [-0.3, -0.25) is 4.79 Å². The monoisotopic (exact) mass is 342 g/mol. The lowest BCUT2D eigenvalue weighted by Crippen LogP contribution is -2.15. The molecular formula is C21H18N4O. The van der Waals surface area contributed by atoms with E-state index < -0.39 is 0 Å². The molecular weight excluding hydrogens is 324 g/mol. The molecule has 1 heterocycles. The maximum Gasteiger partial charge on any atom is 0.278 e. The van der Waals surface area contributed by atoms with Crippen LogP contribution in [-0.2, 0) is 6.42 Å². The van der Waals surface area contributed by atoms with Crippen molar-refractivity contribution in [2.24, 2.45) is 0 Å². The van der Waals surface area contributed by atoms with Gasteiger partial charge in [-0.25, -0.2) is 4.68 Å². The fourth-order valence-corrected chi connectivity index (χ4v) is 3.09. The minimum atomic E-state index is -0.250. The molecule has 3 aromatic carbocycles. The van der Waals surface area contributed by atoms with Crippen molar-refractivity contribution in [2.75, 3.05) is 5.32 Å². The topological polar surface area (TPSA) is 59.8 Å². The van der Waals surface area contributed by atoms with Gasteiger partial charge in [-0.05, 0) is 30.0 Å². The van der Waals surface area contributed by atoms with Crippen LogP contribution in [0.4, 0.5) is 5.69 Å². The molecule has 0 radical (unpaired) electrons. The highest BCUT2D eigenvalue weighted by Crippen LogP contribution is 2.24. The van der Waals surface area contributed by atoms with Gasteiger partial charge in [0.05, 0.1) is 11.4 Å². The number of aromatic nitrogens is 3. The molecule has 0 saturated heterocycles. The Morgan fingerprint density at radius 3 is 2.50 bits per heavy atom. The van der Waals surface area contributed by atoms with Gasteiger partial charge < -0.3 is 5.32 Å². The Kier molecular flexibility index (Phi) is 4.19. The van der Waals surface area contributed by atoms with Crippen LogP contribution in [0.1, 0.15) is 23.1 Å². The molecule has 0 aliphatic rings. The highest BCUT2D eigenvalue weighted by Gasteiger charge is 2.19. The summed E-state index contributed by atoms with van der Waals surface area (Å²) in [5.74, 6) is -0.250. The van der Waals surface area contributed by atoms with E-state index in [1.54, 1.807) is 4.68 Å². The van der Waals surface area contributed by atoms with Gasteiger partial charge in [0.15, 0.2) is 5.69 Å². The average molecular weight is 342 g/mol. The minimum Gasteiger partial charge on any atom is -0.320 e. The van der Waals surface area contributed by atoms with E-state index in [1.807, 2.05) is 79.7 Å². The number of fused-ring (bicyclic) bond motifs is 1. The van der Waals surface area contributed by atoms with E-state index in [4.69, 9.17) is 0 Å². The highest BCUT2D eigenvalue weighted by atomic mass is 16.2. The zero-order chi connectivity index (χ0) is 17.9. The smallest absolute Gasteiger partial charge is 0.278 e. The molecule has 128 valence electrons. The number of amides is 1. The standard InChI is InChI=1S/C21H18N4O/c1-2-19-20(23-24-25(19)16-11-4-3-5-12-16)21(26)22-18-14-8-10-15-9-6-7-13-17(15)18/h3-14H,2H2,1H3,(H,22,26). The van der Waals surface area contributed by atoms with Crippen molar-refractivity contribution in [1.29, 1.82) is 0 Å². The molecule has 5 nitrogen and oxygen atoms in total. The lowest BCUT2D eigenvalue weighted by Gasteiger charge is -2.09. The molecule has 0 spiro atoms. The van der Waals surface area contributed by atoms with Crippen LogP contribution in [0.2, 0.25) is 0 Å². The van der Waals surface area contributed by atoms with E-state index in [0.29, 0.717) is 12.1 Å². The molecule has 0 aliphatic carbocycles. The molecule has 0 bridgehead atoms. The molecule has 1 amide bonds. The van der Waals surface area contributed by atoms with Crippen LogP contribution >= 0.6 is 0 Å². The molecule has 0 unspecified atom stereocenters. The van der Waals surface area contributed by atoms with E-state index >= 15 is 0 Å². The largest absolute Gasteiger partial charge is 0.320 e. The van der Waals surface area contributed by atoms with Crippen molar-refractivity contribution < 1.29 is 4.79 Å². The summed E-state index contributed by atoms with van der Waals surface area (Å²) in [5.41, 5.74) is 2.80. The van der Waals surface area contributed by atoms with Crippen LogP contribution in [-0.4, -0.2) is 20.9 Å². The predicted molar refractivity (Wildman–Crippen MR) is 103 cm³/mol. The van der Waals surface area contributed by atoms with E-state index in [-0.39, 0.29) is 5.91 Å². The van der Waals surface area contributed by atoms with Gasteiger partial charge in [0, 0.05) is 11.1 Å². The quantitative estimate of drug-likeness (QED) is 0.603. The number of hydrogen-bond donors (Lipinski definition) is 1. The first-order valence-corrected chi connectivity index (χ1v) is 8.57. The second-order valence-corrected chi connectivity index (χ2v) is 5.97. The Balaban J connectivity index is 1.70. The Morgan fingerprint density at radius 2 is 1.69 bits per heavy atom. The first kappa shape index (κ1) is 16.0. The fraction of sp³-hybridized carbons (Fsp3) is 0.0952. The first-order chi connectivity index (χ1) is 12.8. The lowest BCUT2D eigenvalue weighted by molar-refractivity contribution is 0.102. The number of benzene rings is 3. The van der Waals surface area contributed by atoms with Gasteiger partial charge in [-0.1, -0.05) is 66.7 Å². The third kappa shape index (κ3) is 2.84. The number of carbonyl (C=O) groups excluding carboxylic acids is 1. The molecule has 1 aromatic heterocycles. The maximum absolute atomic E-state index is 12.9. The summed E-state index contributed by atoms with van der Waals surface area (Å²) in [6.07, 6.45) is 0.653. The van der Waals surface area contributed by atoms with Crippen molar-refractivity contribution >= 4 is 22.4 Å². The third-order valence-electron chi connectivity index (χ3n) is 4.35. The van der Waals surface area contributed by atoms with Crippen molar-refractivity contribution in [1.82, 2.24) is 15.0 Å². The van der Waals surface area contributed by atoms with Gasteiger partial charge in [-0.2, -0.15) is 0 Å². The Hall–Kier alpha value is -3.47. The SMILES string of the molecule is CCc1c(C(=O)Nc2cccc3ccccc23)nnn1-c1ccccc1. The third-order valence-corrected chi connectivity index (χ3v) is 4.35. The second kappa shape index (κ2) is 6.80. The predicted octanol–water partition coefficient (Wildman–Crippen LogP) is 4.24. The summed E-state index contributed by atoms with van der Waals surface area (Å²) in [6, 6.07) is 23.5. The highest BCUT2D eigenvalue weighted by molar-refractivity contribution is 6.08. The number of para-hydroxylation sites is 1. The number of rotatable bonds is 4. The number of nitrogens with zero attached hydrogens (tertiary/aromatic N) is 3. The van der Waals surface area contributed by atoms with Crippen molar-refractivity contribution in [3.63, 3.8) is 0 Å². The minimum absolute atomic E-state index is 0.250. The summed E-state index contributed by atoms with van der Waals surface area (Å²) >= 11 is 0. The summed E-state index contributed by atoms with van der Waals surface area (Å²) in [7, 11) is 0.